The molecule has 0 amide bonds. The summed E-state index contributed by atoms with van der Waals surface area (Å²) in [6.45, 7) is 1.17. The molecule has 3 nitrogen and oxygen atoms in total. The zero-order valence-corrected chi connectivity index (χ0v) is 9.88. The molecule has 0 fully saturated rings. The second-order valence-electron chi connectivity index (χ2n) is 3.35. The number of Topliss-reactive ketones (excluding diaryl/α,β-unsaturated/α-hetero) is 1. The summed E-state index contributed by atoms with van der Waals surface area (Å²) in [5.74, 6) is 0.373. The summed E-state index contributed by atoms with van der Waals surface area (Å²) in [7, 11) is 0. The molecule has 1 aliphatic rings. The molecule has 0 aromatic heterocycles. The fourth-order valence-corrected chi connectivity index (χ4v) is 1.95. The highest BCUT2D eigenvalue weighted by molar-refractivity contribution is 6.37. The van der Waals surface area contributed by atoms with Gasteiger partial charge in [0.15, 0.2) is 11.7 Å². The molecule has 1 heterocycles. The Balaban J connectivity index is 2.14. The van der Waals surface area contributed by atoms with Gasteiger partial charge in [-0.05, 0) is 18.2 Å². The number of hydrogen-bond acceptors (Lipinski definition) is 3. The number of aliphatic imine (C=N–C) groups is 1. The molecule has 84 valence electrons. The monoisotopic (exact) mass is 257 g/mol. The molecule has 0 atom stereocenters. The number of carbonyl (C=O) groups excluding carboxylic acids is 1. The summed E-state index contributed by atoms with van der Waals surface area (Å²) in [5, 5.41) is 0.868. The largest absolute Gasteiger partial charge is 0.479 e. The van der Waals surface area contributed by atoms with E-state index >= 15 is 0 Å². The van der Waals surface area contributed by atoms with Crippen LogP contribution in [-0.2, 0) is 4.74 Å². The second-order valence-corrected chi connectivity index (χ2v) is 4.19. The van der Waals surface area contributed by atoms with Gasteiger partial charge in [0.2, 0.25) is 0 Å². The molecule has 1 aromatic rings. The first-order valence-corrected chi connectivity index (χ1v) is 5.57. The number of hydrogen-bond donors (Lipinski definition) is 0. The SMILES string of the molecule is O=C(CC1=NCCO1)c1ccc(Cl)cc1Cl. The Morgan fingerprint density at radius 3 is 2.88 bits per heavy atom. The molecule has 0 bridgehead atoms. The number of nitrogens with zero attached hydrogens (tertiary/aromatic N) is 1. The molecule has 0 N–H and O–H groups in total. The number of carbonyl (C=O) groups is 1. The maximum absolute atomic E-state index is 11.8. The Morgan fingerprint density at radius 1 is 1.44 bits per heavy atom. The van der Waals surface area contributed by atoms with Gasteiger partial charge < -0.3 is 4.74 Å². The fourth-order valence-electron chi connectivity index (χ4n) is 1.43. The average Bonchev–Trinajstić information content (AvgIpc) is 2.70. The predicted molar refractivity (Wildman–Crippen MR) is 63.7 cm³/mol. The summed E-state index contributed by atoms with van der Waals surface area (Å²) in [5.41, 5.74) is 0.448. The van der Waals surface area contributed by atoms with Crippen LogP contribution in [0, 0.1) is 0 Å². The van der Waals surface area contributed by atoms with Crippen LogP contribution in [0.3, 0.4) is 0 Å². The van der Waals surface area contributed by atoms with Gasteiger partial charge in [-0.1, -0.05) is 23.2 Å². The lowest BCUT2D eigenvalue weighted by atomic mass is 10.1. The van der Waals surface area contributed by atoms with E-state index in [9.17, 15) is 4.79 Å². The third kappa shape index (κ3) is 2.54. The third-order valence-electron chi connectivity index (χ3n) is 2.19. The zero-order valence-electron chi connectivity index (χ0n) is 8.37. The molecule has 0 unspecified atom stereocenters. The van der Waals surface area contributed by atoms with Crippen molar-refractivity contribution in [3.05, 3.63) is 33.8 Å². The average molecular weight is 258 g/mol. The molecular formula is C11H9Cl2NO2. The van der Waals surface area contributed by atoms with Crippen LogP contribution in [-0.4, -0.2) is 24.8 Å². The van der Waals surface area contributed by atoms with Gasteiger partial charge in [-0.3, -0.25) is 9.79 Å². The summed E-state index contributed by atoms with van der Waals surface area (Å²) in [4.78, 5) is 15.9. The Hall–Kier alpha value is -1.06. The topological polar surface area (TPSA) is 38.7 Å². The van der Waals surface area contributed by atoms with E-state index < -0.39 is 0 Å². The van der Waals surface area contributed by atoms with Gasteiger partial charge in [-0.2, -0.15) is 0 Å². The normalized spacial score (nSPS) is 14.5. The van der Waals surface area contributed by atoms with Crippen LogP contribution in [0.1, 0.15) is 16.8 Å². The second kappa shape index (κ2) is 4.85. The van der Waals surface area contributed by atoms with E-state index in [0.29, 0.717) is 34.7 Å². The summed E-state index contributed by atoms with van der Waals surface area (Å²) in [6.07, 6.45) is 0.154. The predicted octanol–water partition coefficient (Wildman–Crippen LogP) is 2.99. The highest BCUT2D eigenvalue weighted by atomic mass is 35.5. The molecule has 5 heteroatoms. The Bertz CT molecular complexity index is 457. The number of halogens is 2. The molecule has 0 spiro atoms. The molecule has 1 aliphatic heterocycles. The van der Waals surface area contributed by atoms with Crippen molar-refractivity contribution in [2.45, 2.75) is 6.42 Å². The highest BCUT2D eigenvalue weighted by Gasteiger charge is 2.16. The number of rotatable bonds is 3. The quantitative estimate of drug-likeness (QED) is 0.781. The third-order valence-corrected chi connectivity index (χ3v) is 2.74. The molecule has 0 aliphatic carbocycles. The lowest BCUT2D eigenvalue weighted by molar-refractivity contribution is 0.0995. The fraction of sp³-hybridized carbons (Fsp3) is 0.273. The van der Waals surface area contributed by atoms with Crippen LogP contribution in [0.4, 0.5) is 0 Å². The molecule has 0 saturated heterocycles. The van der Waals surface area contributed by atoms with Gasteiger partial charge in [0, 0.05) is 10.6 Å². The molecule has 2 rings (SSSR count). The Labute approximate surface area is 103 Å². The Kier molecular flexibility index (Phi) is 3.46. The number of ketones is 1. The van der Waals surface area contributed by atoms with E-state index in [0.717, 1.165) is 0 Å². The van der Waals surface area contributed by atoms with Crippen molar-refractivity contribution in [3.63, 3.8) is 0 Å². The van der Waals surface area contributed by atoms with E-state index in [1.807, 2.05) is 0 Å². The molecule has 1 aromatic carbocycles. The number of ether oxygens (including phenoxy) is 1. The zero-order chi connectivity index (χ0) is 11.5. The lowest BCUT2D eigenvalue weighted by Crippen LogP contribution is -2.09. The first-order chi connectivity index (χ1) is 7.66. The van der Waals surface area contributed by atoms with Crippen molar-refractivity contribution in [1.29, 1.82) is 0 Å². The van der Waals surface area contributed by atoms with Gasteiger partial charge >= 0.3 is 0 Å². The molecule has 0 radical (unpaired) electrons. The first-order valence-electron chi connectivity index (χ1n) is 4.81. The first kappa shape index (κ1) is 11.4. The van der Waals surface area contributed by atoms with Gasteiger partial charge in [-0.25, -0.2) is 0 Å². The maximum atomic E-state index is 11.8. The maximum Gasteiger partial charge on any atom is 0.191 e. The van der Waals surface area contributed by atoms with Gasteiger partial charge in [0.1, 0.15) is 6.61 Å². The minimum Gasteiger partial charge on any atom is -0.479 e. The van der Waals surface area contributed by atoms with Crippen LogP contribution in [0.2, 0.25) is 10.0 Å². The smallest absolute Gasteiger partial charge is 0.191 e. The Morgan fingerprint density at radius 2 is 2.25 bits per heavy atom. The van der Waals surface area contributed by atoms with Crippen LogP contribution >= 0.6 is 23.2 Å². The van der Waals surface area contributed by atoms with Crippen molar-refractivity contribution in [3.8, 4) is 0 Å². The number of benzene rings is 1. The van der Waals surface area contributed by atoms with Gasteiger partial charge in [-0.15, -0.1) is 0 Å². The van der Waals surface area contributed by atoms with E-state index in [-0.39, 0.29) is 12.2 Å². The van der Waals surface area contributed by atoms with Crippen LogP contribution in [0.15, 0.2) is 23.2 Å². The van der Waals surface area contributed by atoms with Crippen molar-refractivity contribution in [1.82, 2.24) is 0 Å². The van der Waals surface area contributed by atoms with E-state index in [1.54, 1.807) is 18.2 Å². The van der Waals surface area contributed by atoms with E-state index in [1.165, 1.54) is 0 Å². The van der Waals surface area contributed by atoms with Crippen molar-refractivity contribution < 1.29 is 9.53 Å². The van der Waals surface area contributed by atoms with E-state index in [2.05, 4.69) is 4.99 Å². The highest BCUT2D eigenvalue weighted by Crippen LogP contribution is 2.22. The van der Waals surface area contributed by atoms with Crippen LogP contribution in [0.5, 0.6) is 0 Å². The summed E-state index contributed by atoms with van der Waals surface area (Å²) >= 11 is 11.7. The molecule has 16 heavy (non-hydrogen) atoms. The summed E-state index contributed by atoms with van der Waals surface area (Å²) in [6, 6.07) is 4.80. The standard InChI is InChI=1S/C11H9Cl2NO2/c12-7-1-2-8(9(13)5-7)10(15)6-11-14-3-4-16-11/h1-2,5H,3-4,6H2. The van der Waals surface area contributed by atoms with Gasteiger partial charge in [0.05, 0.1) is 18.0 Å². The van der Waals surface area contributed by atoms with Crippen molar-refractivity contribution >= 4 is 34.9 Å². The summed E-state index contributed by atoms with van der Waals surface area (Å²) < 4.78 is 5.17. The van der Waals surface area contributed by atoms with Gasteiger partial charge in [0.25, 0.3) is 0 Å². The van der Waals surface area contributed by atoms with Crippen molar-refractivity contribution in [2.75, 3.05) is 13.2 Å². The minimum absolute atomic E-state index is 0.109. The minimum atomic E-state index is -0.109. The van der Waals surface area contributed by atoms with E-state index in [4.69, 9.17) is 27.9 Å². The van der Waals surface area contributed by atoms with Crippen LogP contribution < -0.4 is 0 Å². The van der Waals surface area contributed by atoms with Crippen molar-refractivity contribution in [2.24, 2.45) is 4.99 Å². The lowest BCUT2D eigenvalue weighted by Gasteiger charge is -2.04. The van der Waals surface area contributed by atoms with Crippen LogP contribution in [0.25, 0.3) is 0 Å². The molecular weight excluding hydrogens is 249 g/mol. The molecule has 0 saturated carbocycles.